The number of amides is 1. The number of hydrogen-bond acceptors (Lipinski definition) is 3. The first-order valence-electron chi connectivity index (χ1n) is 7.79. The Morgan fingerprint density at radius 2 is 2.29 bits per heavy atom. The number of piperidine rings is 1. The van der Waals surface area contributed by atoms with Gasteiger partial charge in [0.05, 0.1) is 13.5 Å². The molecule has 0 aromatic heterocycles. The standard InChI is InChI=1S/C17H26N2O2/c1-19(11-9-15-7-3-4-10-18-15)17(20)13-14-6-5-8-16(12-14)21-2/h5-6,8,12,15,18H,3-4,7,9-11,13H2,1-2H3. The third-order valence-electron chi connectivity index (χ3n) is 4.14. The normalized spacial score (nSPS) is 18.3. The monoisotopic (exact) mass is 290 g/mol. The van der Waals surface area contributed by atoms with Gasteiger partial charge in [-0.1, -0.05) is 18.6 Å². The average molecular weight is 290 g/mol. The summed E-state index contributed by atoms with van der Waals surface area (Å²) < 4.78 is 5.19. The molecule has 1 fully saturated rings. The number of likely N-dealkylation sites (N-methyl/N-ethyl adjacent to an activating group) is 1. The second-order valence-electron chi connectivity index (χ2n) is 5.78. The van der Waals surface area contributed by atoms with Crippen molar-refractivity contribution in [2.45, 2.75) is 38.1 Å². The number of carbonyl (C=O) groups excluding carboxylic acids is 1. The first-order valence-corrected chi connectivity index (χ1v) is 7.79. The number of ether oxygens (including phenoxy) is 1. The molecule has 1 aromatic rings. The van der Waals surface area contributed by atoms with Crippen LogP contribution in [0, 0.1) is 0 Å². The lowest BCUT2D eigenvalue weighted by molar-refractivity contribution is -0.129. The lowest BCUT2D eigenvalue weighted by Crippen LogP contribution is -2.38. The van der Waals surface area contributed by atoms with Gasteiger partial charge in [-0.05, 0) is 43.5 Å². The van der Waals surface area contributed by atoms with E-state index >= 15 is 0 Å². The van der Waals surface area contributed by atoms with Gasteiger partial charge in [-0.3, -0.25) is 4.79 Å². The van der Waals surface area contributed by atoms with Gasteiger partial charge in [0.1, 0.15) is 5.75 Å². The number of nitrogens with zero attached hydrogens (tertiary/aromatic N) is 1. The highest BCUT2D eigenvalue weighted by molar-refractivity contribution is 5.78. The molecule has 1 saturated heterocycles. The van der Waals surface area contributed by atoms with Crippen molar-refractivity contribution in [2.24, 2.45) is 0 Å². The summed E-state index contributed by atoms with van der Waals surface area (Å²) in [5.41, 5.74) is 1.00. The molecule has 2 rings (SSSR count). The molecule has 21 heavy (non-hydrogen) atoms. The van der Waals surface area contributed by atoms with Crippen LogP contribution in [0.25, 0.3) is 0 Å². The number of methoxy groups -OCH3 is 1. The van der Waals surface area contributed by atoms with E-state index in [1.807, 2.05) is 36.2 Å². The molecule has 1 heterocycles. The van der Waals surface area contributed by atoms with Crippen LogP contribution >= 0.6 is 0 Å². The Bertz CT molecular complexity index is 456. The number of rotatable bonds is 6. The first kappa shape index (κ1) is 15.8. The van der Waals surface area contributed by atoms with Crippen molar-refractivity contribution >= 4 is 5.91 Å². The smallest absolute Gasteiger partial charge is 0.226 e. The van der Waals surface area contributed by atoms with Crippen molar-refractivity contribution in [1.29, 1.82) is 0 Å². The molecule has 0 saturated carbocycles. The predicted octanol–water partition coefficient (Wildman–Crippen LogP) is 2.23. The number of hydrogen-bond donors (Lipinski definition) is 1. The molecule has 0 radical (unpaired) electrons. The number of carbonyl (C=O) groups is 1. The molecule has 1 amide bonds. The van der Waals surface area contributed by atoms with Gasteiger partial charge in [-0.2, -0.15) is 0 Å². The molecule has 0 aliphatic carbocycles. The topological polar surface area (TPSA) is 41.6 Å². The van der Waals surface area contributed by atoms with Crippen molar-refractivity contribution in [3.8, 4) is 5.75 Å². The SMILES string of the molecule is COc1cccc(CC(=O)N(C)CCC2CCCCN2)c1. The van der Waals surface area contributed by atoms with Crippen LogP contribution in [0.2, 0.25) is 0 Å². The summed E-state index contributed by atoms with van der Waals surface area (Å²) >= 11 is 0. The molecule has 1 unspecified atom stereocenters. The molecule has 4 heteroatoms. The molecule has 1 aliphatic heterocycles. The first-order chi connectivity index (χ1) is 10.2. The van der Waals surface area contributed by atoms with Crippen molar-refractivity contribution in [3.63, 3.8) is 0 Å². The quantitative estimate of drug-likeness (QED) is 0.873. The molecule has 1 aliphatic rings. The highest BCUT2D eigenvalue weighted by Crippen LogP contribution is 2.14. The van der Waals surface area contributed by atoms with Gasteiger partial charge in [0, 0.05) is 19.6 Å². The summed E-state index contributed by atoms with van der Waals surface area (Å²) in [4.78, 5) is 14.1. The molecular formula is C17H26N2O2. The highest BCUT2D eigenvalue weighted by atomic mass is 16.5. The van der Waals surface area contributed by atoms with Crippen LogP contribution < -0.4 is 10.1 Å². The Kier molecular flexibility index (Phi) is 6.05. The molecule has 1 atom stereocenters. The van der Waals surface area contributed by atoms with Crippen LogP contribution in [0.15, 0.2) is 24.3 Å². The maximum Gasteiger partial charge on any atom is 0.226 e. The molecule has 4 nitrogen and oxygen atoms in total. The van der Waals surface area contributed by atoms with Gasteiger partial charge in [0.15, 0.2) is 0 Å². The molecule has 116 valence electrons. The zero-order valence-corrected chi connectivity index (χ0v) is 13.1. The summed E-state index contributed by atoms with van der Waals surface area (Å²) in [6.07, 6.45) is 5.30. The molecule has 0 spiro atoms. The van der Waals surface area contributed by atoms with Crippen LogP contribution in [0.1, 0.15) is 31.2 Å². The molecule has 1 N–H and O–H groups in total. The summed E-state index contributed by atoms with van der Waals surface area (Å²) in [6, 6.07) is 8.29. The molecule has 0 bridgehead atoms. The lowest BCUT2D eigenvalue weighted by atomic mass is 10.0. The largest absolute Gasteiger partial charge is 0.497 e. The summed E-state index contributed by atoms with van der Waals surface area (Å²) in [5.74, 6) is 0.966. The minimum Gasteiger partial charge on any atom is -0.497 e. The van der Waals surface area contributed by atoms with Gasteiger partial charge >= 0.3 is 0 Å². The Balaban J connectivity index is 1.78. The van der Waals surface area contributed by atoms with Gasteiger partial charge in [0.2, 0.25) is 5.91 Å². The second kappa shape index (κ2) is 8.03. The highest BCUT2D eigenvalue weighted by Gasteiger charge is 2.15. The Morgan fingerprint density at radius 1 is 1.43 bits per heavy atom. The predicted molar refractivity (Wildman–Crippen MR) is 84.6 cm³/mol. The fourth-order valence-electron chi connectivity index (χ4n) is 2.74. The van der Waals surface area contributed by atoms with E-state index in [1.165, 1.54) is 19.3 Å². The van der Waals surface area contributed by atoms with E-state index < -0.39 is 0 Å². The summed E-state index contributed by atoms with van der Waals surface area (Å²) in [6.45, 7) is 1.94. The van der Waals surface area contributed by atoms with Crippen molar-refractivity contribution in [1.82, 2.24) is 10.2 Å². The fraction of sp³-hybridized carbons (Fsp3) is 0.588. The Hall–Kier alpha value is -1.55. The van der Waals surface area contributed by atoms with E-state index in [0.717, 1.165) is 30.8 Å². The van der Waals surface area contributed by atoms with Gasteiger partial charge in [-0.25, -0.2) is 0 Å². The van der Waals surface area contributed by atoms with Crippen LogP contribution in [-0.4, -0.2) is 44.1 Å². The maximum atomic E-state index is 12.2. The summed E-state index contributed by atoms with van der Waals surface area (Å²) in [7, 11) is 3.54. The van der Waals surface area contributed by atoms with Crippen LogP contribution in [0.4, 0.5) is 0 Å². The van der Waals surface area contributed by atoms with Crippen molar-refractivity contribution in [3.05, 3.63) is 29.8 Å². The lowest BCUT2D eigenvalue weighted by Gasteiger charge is -2.26. The third kappa shape index (κ3) is 5.05. The van der Waals surface area contributed by atoms with E-state index in [4.69, 9.17) is 4.74 Å². The minimum atomic E-state index is 0.166. The third-order valence-corrected chi connectivity index (χ3v) is 4.14. The van der Waals surface area contributed by atoms with Gasteiger partial charge in [0.25, 0.3) is 0 Å². The van der Waals surface area contributed by atoms with E-state index in [2.05, 4.69) is 5.32 Å². The van der Waals surface area contributed by atoms with E-state index in [-0.39, 0.29) is 5.91 Å². The van der Waals surface area contributed by atoms with E-state index in [1.54, 1.807) is 7.11 Å². The van der Waals surface area contributed by atoms with E-state index in [0.29, 0.717) is 12.5 Å². The van der Waals surface area contributed by atoms with Crippen molar-refractivity contribution < 1.29 is 9.53 Å². The zero-order valence-electron chi connectivity index (χ0n) is 13.1. The average Bonchev–Trinajstić information content (AvgIpc) is 2.53. The fourth-order valence-corrected chi connectivity index (χ4v) is 2.74. The van der Waals surface area contributed by atoms with E-state index in [9.17, 15) is 4.79 Å². The Morgan fingerprint density at radius 3 is 3.00 bits per heavy atom. The maximum absolute atomic E-state index is 12.2. The second-order valence-corrected chi connectivity index (χ2v) is 5.78. The van der Waals surface area contributed by atoms with Crippen LogP contribution in [-0.2, 0) is 11.2 Å². The van der Waals surface area contributed by atoms with Gasteiger partial charge < -0.3 is 15.0 Å². The number of benzene rings is 1. The number of nitrogens with one attached hydrogen (secondary N) is 1. The molecule has 1 aromatic carbocycles. The van der Waals surface area contributed by atoms with Crippen LogP contribution in [0.3, 0.4) is 0 Å². The Labute approximate surface area is 127 Å². The summed E-state index contributed by atoms with van der Waals surface area (Å²) in [5, 5.41) is 3.52. The van der Waals surface area contributed by atoms with Crippen molar-refractivity contribution in [2.75, 3.05) is 27.2 Å². The van der Waals surface area contributed by atoms with Crippen LogP contribution in [0.5, 0.6) is 5.75 Å². The van der Waals surface area contributed by atoms with Gasteiger partial charge in [-0.15, -0.1) is 0 Å². The molecular weight excluding hydrogens is 264 g/mol. The zero-order chi connectivity index (χ0) is 15.1. The minimum absolute atomic E-state index is 0.166.